The number of carbonyl (C=O) groups excluding carboxylic acids is 1. The van der Waals surface area contributed by atoms with Crippen LogP contribution in [0.15, 0.2) is 54.6 Å². The van der Waals surface area contributed by atoms with E-state index >= 15 is 0 Å². The predicted molar refractivity (Wildman–Crippen MR) is 155 cm³/mol. The number of piperidine rings is 1. The molecule has 0 bridgehead atoms. The molecular formula is C32H41N3O5. The van der Waals surface area contributed by atoms with Crippen LogP contribution in [-0.2, 0) is 17.8 Å². The fourth-order valence-corrected chi connectivity index (χ4v) is 4.58. The van der Waals surface area contributed by atoms with Crippen LogP contribution in [0.3, 0.4) is 0 Å². The van der Waals surface area contributed by atoms with Gasteiger partial charge in [0.05, 0.1) is 12.8 Å². The lowest BCUT2D eigenvalue weighted by molar-refractivity contribution is 0.0122. The summed E-state index contributed by atoms with van der Waals surface area (Å²) in [5, 5.41) is 8.97. The van der Waals surface area contributed by atoms with Crippen LogP contribution in [0.5, 0.6) is 17.4 Å². The number of methoxy groups -OCH3 is 1. The number of aromatic nitrogens is 2. The third-order valence-electron chi connectivity index (χ3n) is 6.71. The lowest BCUT2D eigenvalue weighted by Gasteiger charge is -2.33. The van der Waals surface area contributed by atoms with Crippen LogP contribution in [0.25, 0.3) is 11.1 Å². The van der Waals surface area contributed by atoms with E-state index in [4.69, 9.17) is 18.9 Å². The van der Waals surface area contributed by atoms with Crippen LogP contribution in [0, 0.1) is 0 Å². The van der Waals surface area contributed by atoms with E-state index in [0.717, 1.165) is 41.6 Å². The Morgan fingerprint density at radius 3 is 2.42 bits per heavy atom. The highest BCUT2D eigenvalue weighted by molar-refractivity contribution is 5.70. The highest BCUT2D eigenvalue weighted by atomic mass is 16.6. The number of aryl methyl sites for hydroxylation is 1. The van der Waals surface area contributed by atoms with Gasteiger partial charge < -0.3 is 23.8 Å². The number of likely N-dealkylation sites (tertiary alicyclic amines) is 1. The van der Waals surface area contributed by atoms with E-state index in [1.807, 2.05) is 75.4 Å². The second-order valence-electron chi connectivity index (χ2n) is 11.1. The van der Waals surface area contributed by atoms with Gasteiger partial charge >= 0.3 is 6.09 Å². The standard InChI is InChI=1S/C32H41N3O5/c1-6-7-13-27-26(24-14-15-28(29(20-24)37-5)38-22-23-11-9-8-10-12-23)21-30(34-33-27)39-25-16-18-35(19-17-25)31(36)40-32(2,3)4/h8-12,14-15,20-21,25H,6-7,13,16-19,22H2,1-5H3. The normalized spacial score (nSPS) is 14.1. The molecule has 1 aliphatic rings. The Morgan fingerprint density at radius 2 is 1.75 bits per heavy atom. The zero-order chi connectivity index (χ0) is 28.5. The molecule has 0 radical (unpaired) electrons. The topological polar surface area (TPSA) is 83.0 Å². The Morgan fingerprint density at radius 1 is 1.00 bits per heavy atom. The maximum absolute atomic E-state index is 12.4. The van der Waals surface area contributed by atoms with Crippen molar-refractivity contribution in [2.75, 3.05) is 20.2 Å². The van der Waals surface area contributed by atoms with Crippen molar-refractivity contribution in [3.8, 4) is 28.5 Å². The van der Waals surface area contributed by atoms with Gasteiger partial charge in [0.2, 0.25) is 5.88 Å². The molecule has 3 aromatic rings. The van der Waals surface area contributed by atoms with Crippen LogP contribution in [0.4, 0.5) is 4.79 Å². The van der Waals surface area contributed by atoms with Crippen molar-refractivity contribution in [1.29, 1.82) is 0 Å². The Balaban J connectivity index is 1.48. The first kappa shape index (κ1) is 29.2. The average molecular weight is 548 g/mol. The number of hydrogen-bond acceptors (Lipinski definition) is 7. The second-order valence-corrected chi connectivity index (χ2v) is 11.1. The fourth-order valence-electron chi connectivity index (χ4n) is 4.58. The van der Waals surface area contributed by atoms with E-state index in [2.05, 4.69) is 17.1 Å². The van der Waals surface area contributed by atoms with E-state index in [9.17, 15) is 4.79 Å². The van der Waals surface area contributed by atoms with Crippen LogP contribution >= 0.6 is 0 Å². The van der Waals surface area contributed by atoms with Crippen LogP contribution in [-0.4, -0.2) is 53.1 Å². The number of ether oxygens (including phenoxy) is 4. The lowest BCUT2D eigenvalue weighted by Crippen LogP contribution is -2.44. The molecule has 0 aliphatic carbocycles. The quantitative estimate of drug-likeness (QED) is 0.274. The van der Waals surface area contributed by atoms with E-state index in [-0.39, 0.29) is 12.2 Å². The molecule has 1 saturated heterocycles. The largest absolute Gasteiger partial charge is 0.493 e. The zero-order valence-electron chi connectivity index (χ0n) is 24.3. The van der Waals surface area contributed by atoms with Crippen LogP contribution < -0.4 is 14.2 Å². The summed E-state index contributed by atoms with van der Waals surface area (Å²) in [5.41, 5.74) is 3.44. The molecular weight excluding hydrogens is 506 g/mol. The van der Waals surface area contributed by atoms with Gasteiger partial charge in [-0.05, 0) is 56.9 Å². The van der Waals surface area contributed by atoms with Gasteiger partial charge in [-0.3, -0.25) is 0 Å². The Bertz CT molecular complexity index is 1250. The van der Waals surface area contributed by atoms with Crippen molar-refractivity contribution in [2.24, 2.45) is 0 Å². The molecule has 0 unspecified atom stereocenters. The molecule has 0 atom stereocenters. The fraction of sp³-hybridized carbons (Fsp3) is 0.469. The van der Waals surface area contributed by atoms with Gasteiger partial charge in [0.15, 0.2) is 11.5 Å². The number of benzene rings is 2. The molecule has 2 heterocycles. The Labute approximate surface area is 237 Å². The molecule has 40 heavy (non-hydrogen) atoms. The SMILES string of the molecule is CCCCc1nnc(OC2CCN(C(=O)OC(C)(C)C)CC2)cc1-c1ccc(OCc2ccccc2)c(OC)c1. The molecule has 8 nitrogen and oxygen atoms in total. The van der Waals surface area contributed by atoms with Gasteiger partial charge in [-0.2, -0.15) is 5.10 Å². The van der Waals surface area contributed by atoms with Crippen molar-refractivity contribution < 1.29 is 23.7 Å². The van der Waals surface area contributed by atoms with Crippen LogP contribution in [0.2, 0.25) is 0 Å². The molecule has 0 spiro atoms. The maximum Gasteiger partial charge on any atom is 0.410 e. The summed E-state index contributed by atoms with van der Waals surface area (Å²) in [4.78, 5) is 14.2. The molecule has 1 fully saturated rings. The maximum atomic E-state index is 12.4. The van der Waals surface area contributed by atoms with Crippen LogP contribution in [0.1, 0.15) is 64.6 Å². The Kier molecular flexibility index (Phi) is 9.85. The van der Waals surface area contributed by atoms with Gasteiger partial charge in [-0.15, -0.1) is 5.10 Å². The van der Waals surface area contributed by atoms with Gasteiger partial charge in [0, 0.05) is 37.6 Å². The number of nitrogens with zero attached hydrogens (tertiary/aromatic N) is 3. The summed E-state index contributed by atoms with van der Waals surface area (Å²) >= 11 is 0. The minimum Gasteiger partial charge on any atom is -0.493 e. The molecule has 0 saturated carbocycles. The minimum absolute atomic E-state index is 0.0503. The first-order valence-corrected chi connectivity index (χ1v) is 14.1. The number of unbranched alkanes of at least 4 members (excludes halogenated alkanes) is 1. The number of hydrogen-bond donors (Lipinski definition) is 0. The van der Waals surface area contributed by atoms with E-state index in [0.29, 0.717) is 49.9 Å². The third kappa shape index (κ3) is 8.10. The minimum atomic E-state index is -0.509. The highest BCUT2D eigenvalue weighted by Crippen LogP contribution is 2.35. The Hall–Kier alpha value is -3.81. The summed E-state index contributed by atoms with van der Waals surface area (Å²) in [7, 11) is 1.65. The van der Waals surface area contributed by atoms with E-state index in [1.54, 1.807) is 12.0 Å². The van der Waals surface area contributed by atoms with Gasteiger partial charge in [-0.25, -0.2) is 4.79 Å². The van der Waals surface area contributed by atoms with Crippen molar-refractivity contribution in [1.82, 2.24) is 15.1 Å². The second kappa shape index (κ2) is 13.5. The van der Waals surface area contributed by atoms with E-state index in [1.165, 1.54) is 0 Å². The molecule has 1 amide bonds. The molecule has 1 aliphatic heterocycles. The number of carbonyl (C=O) groups is 1. The summed E-state index contributed by atoms with van der Waals surface area (Å²) < 4.78 is 23.5. The first-order chi connectivity index (χ1) is 19.3. The molecule has 8 heteroatoms. The lowest BCUT2D eigenvalue weighted by atomic mass is 10.0. The predicted octanol–water partition coefficient (Wildman–Crippen LogP) is 6.85. The van der Waals surface area contributed by atoms with Gasteiger partial charge in [-0.1, -0.05) is 49.7 Å². The van der Waals surface area contributed by atoms with Crippen molar-refractivity contribution in [3.63, 3.8) is 0 Å². The molecule has 0 N–H and O–H groups in total. The van der Waals surface area contributed by atoms with Crippen molar-refractivity contribution in [3.05, 3.63) is 65.9 Å². The third-order valence-corrected chi connectivity index (χ3v) is 6.71. The highest BCUT2D eigenvalue weighted by Gasteiger charge is 2.28. The summed E-state index contributed by atoms with van der Waals surface area (Å²) in [6.45, 7) is 9.41. The summed E-state index contributed by atoms with van der Waals surface area (Å²) in [5.74, 6) is 1.82. The number of rotatable bonds is 10. The van der Waals surface area contributed by atoms with Crippen molar-refractivity contribution in [2.45, 2.75) is 78.1 Å². The van der Waals surface area contributed by atoms with Gasteiger partial charge in [0.1, 0.15) is 18.3 Å². The molecule has 1 aromatic heterocycles. The van der Waals surface area contributed by atoms with Gasteiger partial charge in [0.25, 0.3) is 0 Å². The molecule has 214 valence electrons. The monoisotopic (exact) mass is 547 g/mol. The number of amides is 1. The van der Waals surface area contributed by atoms with E-state index < -0.39 is 5.60 Å². The smallest absolute Gasteiger partial charge is 0.410 e. The average Bonchev–Trinajstić information content (AvgIpc) is 2.95. The first-order valence-electron chi connectivity index (χ1n) is 14.1. The zero-order valence-corrected chi connectivity index (χ0v) is 24.3. The van der Waals surface area contributed by atoms with Crippen molar-refractivity contribution >= 4 is 6.09 Å². The summed E-state index contributed by atoms with van der Waals surface area (Å²) in [6.07, 6.45) is 3.97. The molecule has 4 rings (SSSR count). The summed E-state index contributed by atoms with van der Waals surface area (Å²) in [6, 6.07) is 18.0. The molecule has 2 aromatic carbocycles.